The third kappa shape index (κ3) is 4.33. The van der Waals surface area contributed by atoms with Crippen LogP contribution in [0.25, 0.3) is 0 Å². The molecule has 0 saturated carbocycles. The van der Waals surface area contributed by atoms with Crippen LogP contribution in [0.15, 0.2) is 30.3 Å². The molecule has 1 rings (SSSR count). The minimum atomic E-state index is -1.66. The largest absolute Gasteiger partial charge is 0.362 e. The van der Waals surface area contributed by atoms with E-state index in [0.29, 0.717) is 12.0 Å². The lowest BCUT2D eigenvalue weighted by Crippen LogP contribution is -2.24. The van der Waals surface area contributed by atoms with E-state index < -0.39 is 5.79 Å². The Labute approximate surface area is 97.9 Å². The summed E-state index contributed by atoms with van der Waals surface area (Å²) >= 11 is 0. The van der Waals surface area contributed by atoms with E-state index in [2.05, 4.69) is 6.92 Å². The summed E-state index contributed by atoms with van der Waals surface area (Å²) in [7, 11) is 0. The predicted octanol–water partition coefficient (Wildman–Crippen LogP) is 3.18. The molecule has 0 amide bonds. The van der Waals surface area contributed by atoms with Gasteiger partial charge in [-0.3, -0.25) is 0 Å². The molecule has 0 atom stereocenters. The molecule has 1 aromatic rings. The molecular formula is C14H22O2. The molecule has 0 spiro atoms. The Balaban J connectivity index is 2.35. The Morgan fingerprint density at radius 2 is 1.56 bits per heavy atom. The third-order valence-corrected chi connectivity index (χ3v) is 2.87. The fourth-order valence-corrected chi connectivity index (χ4v) is 1.82. The van der Waals surface area contributed by atoms with Crippen LogP contribution in [0.5, 0.6) is 0 Å². The lowest BCUT2D eigenvalue weighted by atomic mass is 9.99. The van der Waals surface area contributed by atoms with Gasteiger partial charge in [0.05, 0.1) is 0 Å². The van der Waals surface area contributed by atoms with Crippen molar-refractivity contribution in [3.63, 3.8) is 0 Å². The number of hydrogen-bond donors (Lipinski definition) is 2. The van der Waals surface area contributed by atoms with E-state index in [1.807, 2.05) is 18.2 Å². The molecule has 90 valence electrons. The monoisotopic (exact) mass is 222 g/mol. The summed E-state index contributed by atoms with van der Waals surface area (Å²) in [5, 5.41) is 19.8. The van der Waals surface area contributed by atoms with Gasteiger partial charge in [0.1, 0.15) is 0 Å². The second-order valence-corrected chi connectivity index (χ2v) is 4.35. The fraction of sp³-hybridized carbons (Fsp3) is 0.571. The number of rotatable bonds is 7. The van der Waals surface area contributed by atoms with Crippen LogP contribution in [0.1, 0.15) is 51.0 Å². The first-order valence-corrected chi connectivity index (χ1v) is 6.17. The SMILES string of the molecule is CCCCCCCC(O)(O)c1ccccc1. The van der Waals surface area contributed by atoms with Crippen molar-refractivity contribution in [3.8, 4) is 0 Å². The summed E-state index contributed by atoms with van der Waals surface area (Å²) in [6, 6.07) is 9.04. The maximum Gasteiger partial charge on any atom is 0.189 e. The molecule has 0 aromatic heterocycles. The van der Waals surface area contributed by atoms with E-state index in [-0.39, 0.29) is 0 Å². The van der Waals surface area contributed by atoms with Crippen LogP contribution in [-0.2, 0) is 5.79 Å². The van der Waals surface area contributed by atoms with Crippen LogP contribution in [0.2, 0.25) is 0 Å². The molecule has 0 aliphatic heterocycles. The molecule has 0 aliphatic rings. The molecular weight excluding hydrogens is 200 g/mol. The molecule has 1 aromatic carbocycles. The van der Waals surface area contributed by atoms with Crippen molar-refractivity contribution in [1.29, 1.82) is 0 Å². The standard InChI is InChI=1S/C14H22O2/c1-2-3-4-5-9-12-14(15,16)13-10-7-6-8-11-13/h6-8,10-11,15-16H,2-5,9,12H2,1H3. The van der Waals surface area contributed by atoms with Gasteiger partial charge in [-0.15, -0.1) is 0 Å². The van der Waals surface area contributed by atoms with Crippen LogP contribution >= 0.6 is 0 Å². The van der Waals surface area contributed by atoms with E-state index in [9.17, 15) is 10.2 Å². The van der Waals surface area contributed by atoms with Crippen molar-refractivity contribution < 1.29 is 10.2 Å². The Morgan fingerprint density at radius 3 is 2.19 bits per heavy atom. The fourth-order valence-electron chi connectivity index (χ4n) is 1.82. The summed E-state index contributed by atoms with van der Waals surface area (Å²) < 4.78 is 0. The summed E-state index contributed by atoms with van der Waals surface area (Å²) in [4.78, 5) is 0. The van der Waals surface area contributed by atoms with E-state index in [1.165, 1.54) is 19.3 Å². The zero-order chi connectivity index (χ0) is 11.9. The van der Waals surface area contributed by atoms with Crippen molar-refractivity contribution in [3.05, 3.63) is 35.9 Å². The van der Waals surface area contributed by atoms with Crippen molar-refractivity contribution >= 4 is 0 Å². The topological polar surface area (TPSA) is 40.5 Å². The van der Waals surface area contributed by atoms with Crippen LogP contribution in [0.3, 0.4) is 0 Å². The van der Waals surface area contributed by atoms with Crippen molar-refractivity contribution in [2.75, 3.05) is 0 Å². The second-order valence-electron chi connectivity index (χ2n) is 4.35. The molecule has 16 heavy (non-hydrogen) atoms. The maximum atomic E-state index is 9.90. The molecule has 2 N–H and O–H groups in total. The van der Waals surface area contributed by atoms with Gasteiger partial charge in [0.25, 0.3) is 0 Å². The average molecular weight is 222 g/mol. The highest BCUT2D eigenvalue weighted by Gasteiger charge is 2.24. The van der Waals surface area contributed by atoms with Gasteiger partial charge < -0.3 is 10.2 Å². The third-order valence-electron chi connectivity index (χ3n) is 2.87. The summed E-state index contributed by atoms with van der Waals surface area (Å²) in [5.41, 5.74) is 0.588. The van der Waals surface area contributed by atoms with Gasteiger partial charge in [-0.25, -0.2) is 0 Å². The lowest BCUT2D eigenvalue weighted by molar-refractivity contribution is -0.175. The highest BCUT2D eigenvalue weighted by Crippen LogP contribution is 2.24. The second kappa shape index (κ2) is 6.66. The van der Waals surface area contributed by atoms with E-state index in [4.69, 9.17) is 0 Å². The van der Waals surface area contributed by atoms with Gasteiger partial charge in [0.2, 0.25) is 0 Å². The van der Waals surface area contributed by atoms with Gasteiger partial charge in [-0.2, -0.15) is 0 Å². The molecule has 0 unspecified atom stereocenters. The van der Waals surface area contributed by atoms with Gasteiger partial charge in [0.15, 0.2) is 5.79 Å². The number of aliphatic hydroxyl groups is 2. The van der Waals surface area contributed by atoms with Gasteiger partial charge >= 0.3 is 0 Å². The van der Waals surface area contributed by atoms with Crippen molar-refractivity contribution in [1.82, 2.24) is 0 Å². The first kappa shape index (κ1) is 13.2. The molecule has 0 aliphatic carbocycles. The van der Waals surface area contributed by atoms with Crippen LogP contribution in [-0.4, -0.2) is 10.2 Å². The number of hydrogen-bond acceptors (Lipinski definition) is 2. The van der Waals surface area contributed by atoms with E-state index in [1.54, 1.807) is 12.1 Å². The van der Waals surface area contributed by atoms with Crippen LogP contribution < -0.4 is 0 Å². The van der Waals surface area contributed by atoms with Gasteiger partial charge in [-0.05, 0) is 6.42 Å². The summed E-state index contributed by atoms with van der Waals surface area (Å²) in [5.74, 6) is -1.66. The predicted molar refractivity (Wildman–Crippen MR) is 65.9 cm³/mol. The molecule has 0 fully saturated rings. The molecule has 0 radical (unpaired) electrons. The minimum absolute atomic E-state index is 0.417. The summed E-state index contributed by atoms with van der Waals surface area (Å²) in [6.45, 7) is 2.17. The molecule has 0 heterocycles. The first-order valence-electron chi connectivity index (χ1n) is 6.17. The highest BCUT2D eigenvalue weighted by molar-refractivity contribution is 5.19. The van der Waals surface area contributed by atoms with E-state index in [0.717, 1.165) is 12.8 Å². The van der Waals surface area contributed by atoms with E-state index >= 15 is 0 Å². The zero-order valence-electron chi connectivity index (χ0n) is 10.0. The first-order chi connectivity index (χ1) is 7.67. The lowest BCUT2D eigenvalue weighted by Gasteiger charge is -2.22. The van der Waals surface area contributed by atoms with Gasteiger partial charge in [0, 0.05) is 12.0 Å². The Hall–Kier alpha value is -0.860. The smallest absolute Gasteiger partial charge is 0.189 e. The minimum Gasteiger partial charge on any atom is -0.362 e. The van der Waals surface area contributed by atoms with Crippen molar-refractivity contribution in [2.45, 2.75) is 51.2 Å². The number of benzene rings is 1. The quantitative estimate of drug-likeness (QED) is 0.549. The average Bonchev–Trinajstić information content (AvgIpc) is 2.30. The zero-order valence-corrected chi connectivity index (χ0v) is 10.0. The Kier molecular flexibility index (Phi) is 5.50. The summed E-state index contributed by atoms with van der Waals surface area (Å²) in [6.07, 6.45) is 5.98. The molecule has 2 nitrogen and oxygen atoms in total. The molecule has 0 bridgehead atoms. The van der Waals surface area contributed by atoms with Crippen LogP contribution in [0.4, 0.5) is 0 Å². The van der Waals surface area contributed by atoms with Gasteiger partial charge in [-0.1, -0.05) is 62.9 Å². The Bertz CT molecular complexity index is 280. The van der Waals surface area contributed by atoms with Crippen LogP contribution in [0, 0.1) is 0 Å². The molecule has 0 saturated heterocycles. The Morgan fingerprint density at radius 1 is 0.938 bits per heavy atom. The van der Waals surface area contributed by atoms with Crippen molar-refractivity contribution in [2.24, 2.45) is 0 Å². The normalized spacial score (nSPS) is 11.7. The molecule has 2 heteroatoms. The maximum absolute atomic E-state index is 9.90. The number of unbranched alkanes of at least 4 members (excludes halogenated alkanes) is 4. The highest BCUT2D eigenvalue weighted by atomic mass is 16.5.